The SMILES string of the molecule is CCCCCN(Cc1ccc(C(C)C(=O)O)cc1)C(C)C. The first-order chi connectivity index (χ1) is 9.95. The fourth-order valence-electron chi connectivity index (χ4n) is 2.37. The number of aliphatic carboxylic acids is 1. The predicted octanol–water partition coefficient (Wildman–Crippen LogP) is 4.28. The lowest BCUT2D eigenvalue weighted by molar-refractivity contribution is -0.138. The number of unbranched alkanes of at least 4 members (excludes halogenated alkanes) is 2. The average Bonchev–Trinajstić information content (AvgIpc) is 2.46. The van der Waals surface area contributed by atoms with Crippen molar-refractivity contribution in [1.82, 2.24) is 4.90 Å². The molecule has 0 aliphatic rings. The second-order valence-corrected chi connectivity index (χ2v) is 6.07. The summed E-state index contributed by atoms with van der Waals surface area (Å²) in [7, 11) is 0. The van der Waals surface area contributed by atoms with Crippen molar-refractivity contribution in [3.05, 3.63) is 35.4 Å². The Morgan fingerprint density at radius 3 is 2.24 bits per heavy atom. The molecular weight excluding hydrogens is 262 g/mol. The van der Waals surface area contributed by atoms with Gasteiger partial charge in [0.2, 0.25) is 0 Å². The lowest BCUT2D eigenvalue weighted by Crippen LogP contribution is -2.31. The van der Waals surface area contributed by atoms with E-state index in [-0.39, 0.29) is 0 Å². The topological polar surface area (TPSA) is 40.5 Å². The zero-order valence-corrected chi connectivity index (χ0v) is 13.8. The largest absolute Gasteiger partial charge is 0.481 e. The van der Waals surface area contributed by atoms with Crippen LogP contribution in [-0.2, 0) is 11.3 Å². The molecule has 1 aromatic carbocycles. The third-order valence-corrected chi connectivity index (χ3v) is 4.01. The van der Waals surface area contributed by atoms with Crippen molar-refractivity contribution in [3.8, 4) is 0 Å². The third-order valence-electron chi connectivity index (χ3n) is 4.01. The highest BCUT2D eigenvalue weighted by Crippen LogP contribution is 2.17. The fourth-order valence-corrected chi connectivity index (χ4v) is 2.37. The highest BCUT2D eigenvalue weighted by molar-refractivity contribution is 5.75. The number of carboxylic acid groups (broad SMARTS) is 1. The van der Waals surface area contributed by atoms with Gasteiger partial charge in [0.15, 0.2) is 0 Å². The Labute approximate surface area is 129 Å². The van der Waals surface area contributed by atoms with Crippen molar-refractivity contribution in [2.24, 2.45) is 0 Å². The standard InChI is InChI=1S/C18H29NO2/c1-5-6-7-12-19(14(2)3)13-16-8-10-17(11-9-16)15(4)18(20)21/h8-11,14-15H,5-7,12-13H2,1-4H3,(H,20,21). The molecule has 0 bridgehead atoms. The highest BCUT2D eigenvalue weighted by atomic mass is 16.4. The summed E-state index contributed by atoms with van der Waals surface area (Å²) >= 11 is 0. The Balaban J connectivity index is 2.65. The molecule has 0 spiro atoms. The van der Waals surface area contributed by atoms with Gasteiger partial charge in [-0.05, 0) is 44.9 Å². The van der Waals surface area contributed by atoms with Crippen LogP contribution in [0, 0.1) is 0 Å². The first-order valence-electron chi connectivity index (χ1n) is 8.01. The van der Waals surface area contributed by atoms with Gasteiger partial charge in [-0.3, -0.25) is 9.69 Å². The Bertz CT molecular complexity index is 425. The Morgan fingerprint density at radius 1 is 1.14 bits per heavy atom. The minimum atomic E-state index is -0.772. The molecule has 118 valence electrons. The van der Waals surface area contributed by atoms with Crippen molar-refractivity contribution in [3.63, 3.8) is 0 Å². The highest BCUT2D eigenvalue weighted by Gasteiger charge is 2.14. The second kappa shape index (κ2) is 8.83. The van der Waals surface area contributed by atoms with Gasteiger partial charge < -0.3 is 5.11 Å². The van der Waals surface area contributed by atoms with E-state index in [2.05, 4.69) is 37.8 Å². The number of rotatable bonds is 9. The van der Waals surface area contributed by atoms with Crippen molar-refractivity contribution < 1.29 is 9.90 Å². The van der Waals surface area contributed by atoms with Crippen LogP contribution in [0.25, 0.3) is 0 Å². The summed E-state index contributed by atoms with van der Waals surface area (Å²) in [6, 6.07) is 8.53. The van der Waals surface area contributed by atoms with Gasteiger partial charge in [0.25, 0.3) is 0 Å². The van der Waals surface area contributed by atoms with Crippen molar-refractivity contribution in [2.75, 3.05) is 6.54 Å². The number of nitrogens with zero attached hydrogens (tertiary/aromatic N) is 1. The quantitative estimate of drug-likeness (QED) is 0.691. The molecule has 1 atom stereocenters. The molecule has 0 radical (unpaired) electrons. The normalized spacial score (nSPS) is 12.9. The predicted molar refractivity (Wildman–Crippen MR) is 87.6 cm³/mol. The summed E-state index contributed by atoms with van der Waals surface area (Å²) in [5.74, 6) is -1.21. The number of benzene rings is 1. The maximum atomic E-state index is 11.0. The molecule has 1 aromatic rings. The van der Waals surface area contributed by atoms with E-state index in [4.69, 9.17) is 5.11 Å². The molecule has 0 heterocycles. The molecule has 1 N–H and O–H groups in total. The summed E-state index contributed by atoms with van der Waals surface area (Å²) in [4.78, 5) is 13.5. The van der Waals surface area contributed by atoms with E-state index in [0.717, 1.165) is 18.7 Å². The molecular formula is C18H29NO2. The first kappa shape index (κ1) is 17.7. The van der Waals surface area contributed by atoms with Crippen molar-refractivity contribution in [1.29, 1.82) is 0 Å². The molecule has 1 rings (SSSR count). The zero-order valence-electron chi connectivity index (χ0n) is 13.8. The lowest BCUT2D eigenvalue weighted by Gasteiger charge is -2.26. The number of hydrogen-bond acceptors (Lipinski definition) is 2. The molecule has 0 fully saturated rings. The molecule has 1 unspecified atom stereocenters. The van der Waals surface area contributed by atoms with E-state index < -0.39 is 11.9 Å². The number of carbonyl (C=O) groups is 1. The van der Waals surface area contributed by atoms with Gasteiger partial charge in [0, 0.05) is 12.6 Å². The molecule has 0 aliphatic carbocycles. The van der Waals surface area contributed by atoms with E-state index in [0.29, 0.717) is 6.04 Å². The van der Waals surface area contributed by atoms with Crippen LogP contribution < -0.4 is 0 Å². The lowest BCUT2D eigenvalue weighted by atomic mass is 10.00. The van der Waals surface area contributed by atoms with Gasteiger partial charge in [-0.15, -0.1) is 0 Å². The van der Waals surface area contributed by atoms with Gasteiger partial charge >= 0.3 is 5.97 Å². The van der Waals surface area contributed by atoms with Crippen molar-refractivity contribution in [2.45, 2.75) is 65.5 Å². The van der Waals surface area contributed by atoms with E-state index in [9.17, 15) is 4.79 Å². The second-order valence-electron chi connectivity index (χ2n) is 6.07. The van der Waals surface area contributed by atoms with Crippen LogP contribution in [0.1, 0.15) is 64.0 Å². The molecule has 0 aromatic heterocycles. The number of hydrogen-bond donors (Lipinski definition) is 1. The summed E-state index contributed by atoms with van der Waals surface area (Å²) in [6.07, 6.45) is 3.76. The number of carboxylic acids is 1. The zero-order chi connectivity index (χ0) is 15.8. The third kappa shape index (κ3) is 5.88. The maximum absolute atomic E-state index is 11.0. The van der Waals surface area contributed by atoms with Crippen molar-refractivity contribution >= 4 is 5.97 Å². The van der Waals surface area contributed by atoms with E-state index in [1.54, 1.807) is 6.92 Å². The van der Waals surface area contributed by atoms with Gasteiger partial charge in [-0.25, -0.2) is 0 Å². The Morgan fingerprint density at radius 2 is 1.76 bits per heavy atom. The van der Waals surface area contributed by atoms with Crippen LogP contribution >= 0.6 is 0 Å². The van der Waals surface area contributed by atoms with Crippen LogP contribution in [0.5, 0.6) is 0 Å². The molecule has 0 saturated heterocycles. The molecule has 0 aliphatic heterocycles. The minimum Gasteiger partial charge on any atom is -0.481 e. The van der Waals surface area contributed by atoms with Crippen LogP contribution in [0.2, 0.25) is 0 Å². The minimum absolute atomic E-state index is 0.440. The van der Waals surface area contributed by atoms with Crippen LogP contribution in [0.15, 0.2) is 24.3 Å². The summed E-state index contributed by atoms with van der Waals surface area (Å²) in [6.45, 7) is 10.5. The van der Waals surface area contributed by atoms with E-state index in [1.165, 1.54) is 24.8 Å². The van der Waals surface area contributed by atoms with Crippen LogP contribution in [0.3, 0.4) is 0 Å². The Hall–Kier alpha value is -1.35. The molecule has 3 nitrogen and oxygen atoms in total. The van der Waals surface area contributed by atoms with Gasteiger partial charge in [-0.1, -0.05) is 44.0 Å². The fraction of sp³-hybridized carbons (Fsp3) is 0.611. The average molecular weight is 291 g/mol. The Kier molecular flexibility index (Phi) is 7.44. The van der Waals surface area contributed by atoms with E-state index in [1.807, 2.05) is 12.1 Å². The van der Waals surface area contributed by atoms with Gasteiger partial charge in [0.1, 0.15) is 0 Å². The monoisotopic (exact) mass is 291 g/mol. The first-order valence-corrected chi connectivity index (χ1v) is 8.01. The smallest absolute Gasteiger partial charge is 0.310 e. The van der Waals surface area contributed by atoms with E-state index >= 15 is 0 Å². The summed E-state index contributed by atoms with van der Waals surface area (Å²) < 4.78 is 0. The summed E-state index contributed by atoms with van der Waals surface area (Å²) in [5, 5.41) is 9.04. The van der Waals surface area contributed by atoms with Gasteiger partial charge in [-0.2, -0.15) is 0 Å². The molecule has 21 heavy (non-hydrogen) atoms. The summed E-state index contributed by atoms with van der Waals surface area (Å²) in [5.41, 5.74) is 2.12. The molecule has 3 heteroatoms. The maximum Gasteiger partial charge on any atom is 0.310 e. The van der Waals surface area contributed by atoms with Crippen LogP contribution in [-0.4, -0.2) is 28.6 Å². The van der Waals surface area contributed by atoms with Crippen LogP contribution in [0.4, 0.5) is 0 Å². The van der Waals surface area contributed by atoms with Gasteiger partial charge in [0.05, 0.1) is 5.92 Å². The molecule has 0 saturated carbocycles. The molecule has 0 amide bonds.